The normalized spacial score (nSPS) is 10.9. The summed E-state index contributed by atoms with van der Waals surface area (Å²) in [6, 6.07) is 1.92. The molecule has 2 N–H and O–H groups in total. The minimum absolute atomic E-state index is 0.484. The minimum Gasteiger partial charge on any atom is -0.383 e. The topological polar surface area (TPSA) is 69.6 Å². The van der Waals surface area contributed by atoms with Gasteiger partial charge in [-0.15, -0.1) is 0 Å². The number of nitrogen functional groups attached to an aromatic ring is 1. The van der Waals surface area contributed by atoms with Gasteiger partial charge in [0.15, 0.2) is 5.82 Å². The third-order valence-corrected chi connectivity index (χ3v) is 3.68. The molecule has 0 spiro atoms. The van der Waals surface area contributed by atoms with E-state index in [1.54, 1.807) is 6.20 Å². The largest absolute Gasteiger partial charge is 0.383 e. The monoisotopic (exact) mass is 323 g/mol. The Balaban J connectivity index is 2.47. The number of halogens is 1. The third-order valence-electron chi connectivity index (χ3n) is 2.81. The van der Waals surface area contributed by atoms with Crippen molar-refractivity contribution in [3.63, 3.8) is 0 Å². The number of aryl methyl sites for hydroxylation is 2. The molecule has 0 aliphatic heterocycles. The minimum atomic E-state index is 0.484. The molecule has 0 aromatic carbocycles. The van der Waals surface area contributed by atoms with Gasteiger partial charge in [0.2, 0.25) is 0 Å². The molecule has 2 aromatic heterocycles. The Hall–Kier alpha value is -1.43. The maximum Gasteiger partial charge on any atom is 0.180 e. The third kappa shape index (κ3) is 2.94. The van der Waals surface area contributed by atoms with Crippen LogP contribution in [-0.2, 0) is 13.0 Å². The molecule has 0 fully saturated rings. The Morgan fingerprint density at radius 2 is 2.05 bits per heavy atom. The van der Waals surface area contributed by atoms with E-state index in [2.05, 4.69) is 44.8 Å². The number of nitrogens with zero attached hydrogens (tertiary/aromatic N) is 4. The zero-order chi connectivity index (χ0) is 13.8. The second-order valence-electron chi connectivity index (χ2n) is 4.38. The van der Waals surface area contributed by atoms with Crippen molar-refractivity contribution in [2.24, 2.45) is 0 Å². The lowest BCUT2D eigenvalue weighted by Crippen LogP contribution is -2.07. The lowest BCUT2D eigenvalue weighted by molar-refractivity contribution is 0.606. The van der Waals surface area contributed by atoms with E-state index in [1.165, 1.54) is 0 Å². The number of hydrogen-bond acceptors (Lipinski definition) is 4. The molecule has 19 heavy (non-hydrogen) atoms. The molecule has 0 unspecified atom stereocenters. The quantitative estimate of drug-likeness (QED) is 0.918. The van der Waals surface area contributed by atoms with E-state index in [9.17, 15) is 0 Å². The summed E-state index contributed by atoms with van der Waals surface area (Å²) < 4.78 is 2.72. The lowest BCUT2D eigenvalue weighted by Gasteiger charge is -2.09. The highest BCUT2D eigenvalue weighted by Gasteiger charge is 2.13. The van der Waals surface area contributed by atoms with Crippen molar-refractivity contribution in [2.45, 2.75) is 39.7 Å². The number of anilines is 1. The summed E-state index contributed by atoms with van der Waals surface area (Å²) in [7, 11) is 0. The van der Waals surface area contributed by atoms with Gasteiger partial charge in [-0.3, -0.25) is 4.68 Å². The molecule has 0 aliphatic carbocycles. The van der Waals surface area contributed by atoms with Crippen LogP contribution >= 0.6 is 15.9 Å². The fourth-order valence-electron chi connectivity index (χ4n) is 1.94. The van der Waals surface area contributed by atoms with Crippen molar-refractivity contribution in [1.82, 2.24) is 19.7 Å². The Bertz CT molecular complexity index is 564. The molecule has 0 saturated heterocycles. The molecule has 0 atom stereocenters. The number of aromatic nitrogens is 4. The summed E-state index contributed by atoms with van der Waals surface area (Å²) in [5, 5.41) is 4.29. The molecule has 5 nitrogen and oxygen atoms in total. The summed E-state index contributed by atoms with van der Waals surface area (Å²) in [5.74, 6) is 1.13. The van der Waals surface area contributed by atoms with E-state index in [0.717, 1.165) is 41.7 Å². The molecular formula is C13H18BrN5. The second kappa shape index (κ2) is 6.14. The molecule has 2 aromatic rings. The van der Waals surface area contributed by atoms with Crippen molar-refractivity contribution in [2.75, 3.05) is 5.73 Å². The summed E-state index contributed by atoms with van der Waals surface area (Å²) >= 11 is 3.46. The standard InChI is InChI=1S/C13H18BrN5/c1-3-5-9-11(14)12(15)18-13(17-9)10-6-7-16-19(10)8-4-2/h6-7H,3-5,8H2,1-2H3,(H2,15,17,18). The summed E-state index contributed by atoms with van der Waals surface area (Å²) in [6.45, 7) is 5.08. The number of hydrogen-bond donors (Lipinski definition) is 1. The molecular weight excluding hydrogens is 306 g/mol. The van der Waals surface area contributed by atoms with E-state index >= 15 is 0 Å². The molecule has 102 valence electrons. The van der Waals surface area contributed by atoms with Crippen LogP contribution < -0.4 is 5.73 Å². The highest BCUT2D eigenvalue weighted by atomic mass is 79.9. The van der Waals surface area contributed by atoms with E-state index in [1.807, 2.05) is 10.7 Å². The first-order valence-corrected chi connectivity index (χ1v) is 7.30. The molecule has 2 heterocycles. The van der Waals surface area contributed by atoms with E-state index in [4.69, 9.17) is 5.73 Å². The molecule has 0 saturated carbocycles. The summed E-state index contributed by atoms with van der Waals surface area (Å²) in [6.07, 6.45) is 4.68. The van der Waals surface area contributed by atoms with E-state index < -0.39 is 0 Å². The van der Waals surface area contributed by atoms with Gasteiger partial charge in [0.25, 0.3) is 0 Å². The molecule has 0 radical (unpaired) electrons. The van der Waals surface area contributed by atoms with Crippen LogP contribution in [0.15, 0.2) is 16.7 Å². The molecule has 0 aliphatic rings. The molecule has 0 bridgehead atoms. The maximum absolute atomic E-state index is 5.95. The smallest absolute Gasteiger partial charge is 0.180 e. The predicted molar refractivity (Wildman–Crippen MR) is 79.7 cm³/mol. The van der Waals surface area contributed by atoms with Gasteiger partial charge >= 0.3 is 0 Å². The van der Waals surface area contributed by atoms with Crippen molar-refractivity contribution < 1.29 is 0 Å². The van der Waals surface area contributed by atoms with Crippen molar-refractivity contribution in [1.29, 1.82) is 0 Å². The highest BCUT2D eigenvalue weighted by molar-refractivity contribution is 9.10. The van der Waals surface area contributed by atoms with Crippen LogP contribution in [-0.4, -0.2) is 19.7 Å². The van der Waals surface area contributed by atoms with Gasteiger partial charge in [-0.05, 0) is 34.8 Å². The van der Waals surface area contributed by atoms with Crippen LogP contribution in [0, 0.1) is 0 Å². The molecule has 2 rings (SSSR count). The van der Waals surface area contributed by atoms with Crippen LogP contribution in [0.1, 0.15) is 32.4 Å². The Labute approximate surface area is 121 Å². The van der Waals surface area contributed by atoms with Gasteiger partial charge in [-0.1, -0.05) is 20.3 Å². The Morgan fingerprint density at radius 1 is 1.26 bits per heavy atom. The molecule has 6 heteroatoms. The highest BCUT2D eigenvalue weighted by Crippen LogP contribution is 2.26. The van der Waals surface area contributed by atoms with E-state index in [-0.39, 0.29) is 0 Å². The first-order valence-electron chi connectivity index (χ1n) is 6.51. The van der Waals surface area contributed by atoms with Gasteiger partial charge in [0.1, 0.15) is 11.5 Å². The first-order chi connectivity index (χ1) is 9.17. The summed E-state index contributed by atoms with van der Waals surface area (Å²) in [5.41, 5.74) is 7.82. The average Bonchev–Trinajstić information content (AvgIpc) is 2.84. The van der Waals surface area contributed by atoms with Gasteiger partial charge < -0.3 is 5.73 Å². The Kier molecular flexibility index (Phi) is 4.52. The predicted octanol–water partition coefficient (Wildman–Crippen LogP) is 3.05. The van der Waals surface area contributed by atoms with Gasteiger partial charge in [0, 0.05) is 12.7 Å². The van der Waals surface area contributed by atoms with E-state index in [0.29, 0.717) is 11.6 Å². The van der Waals surface area contributed by atoms with Crippen molar-refractivity contribution in [3.05, 3.63) is 22.4 Å². The van der Waals surface area contributed by atoms with Crippen LogP contribution in [0.2, 0.25) is 0 Å². The zero-order valence-corrected chi connectivity index (χ0v) is 12.8. The SMILES string of the molecule is CCCc1nc(-c2ccnn2CCC)nc(N)c1Br. The fraction of sp³-hybridized carbons (Fsp3) is 0.462. The maximum atomic E-state index is 5.95. The van der Waals surface area contributed by atoms with Crippen LogP contribution in [0.3, 0.4) is 0 Å². The van der Waals surface area contributed by atoms with Crippen LogP contribution in [0.5, 0.6) is 0 Å². The second-order valence-corrected chi connectivity index (χ2v) is 5.18. The average molecular weight is 324 g/mol. The van der Waals surface area contributed by atoms with Crippen molar-refractivity contribution >= 4 is 21.7 Å². The lowest BCUT2D eigenvalue weighted by atomic mass is 10.2. The number of nitrogens with two attached hydrogens (primary N) is 1. The van der Waals surface area contributed by atoms with Crippen molar-refractivity contribution in [3.8, 4) is 11.5 Å². The first kappa shape index (κ1) is 14.0. The Morgan fingerprint density at radius 3 is 2.74 bits per heavy atom. The molecule has 0 amide bonds. The summed E-state index contributed by atoms with van der Waals surface area (Å²) in [4.78, 5) is 8.97. The zero-order valence-electron chi connectivity index (χ0n) is 11.2. The van der Waals surface area contributed by atoms with Gasteiger partial charge in [-0.25, -0.2) is 9.97 Å². The van der Waals surface area contributed by atoms with Gasteiger partial charge in [-0.2, -0.15) is 5.10 Å². The van der Waals surface area contributed by atoms with Gasteiger partial charge in [0.05, 0.1) is 10.2 Å². The van der Waals surface area contributed by atoms with Crippen LogP contribution in [0.25, 0.3) is 11.5 Å². The van der Waals surface area contributed by atoms with Crippen LogP contribution in [0.4, 0.5) is 5.82 Å². The number of rotatable bonds is 5. The fourth-order valence-corrected chi connectivity index (χ4v) is 2.32.